The first-order valence-corrected chi connectivity index (χ1v) is 1.77. The van der Waals surface area contributed by atoms with Crippen molar-refractivity contribution in [2.24, 2.45) is 5.73 Å². The molecule has 0 saturated carbocycles. The average Bonchev–Trinajstić information content (AvgIpc) is 1.65. The number of halogens is 3. The molecular formula is C3H10Cl3NO3. The Labute approximate surface area is 77.0 Å². The molecule has 0 aromatic rings. The van der Waals surface area contributed by atoms with E-state index in [9.17, 15) is 4.79 Å². The van der Waals surface area contributed by atoms with Crippen molar-refractivity contribution in [3.8, 4) is 0 Å². The largest absolute Gasteiger partial charge is 0.480 e. The Bertz CT molecular complexity index is 81.4. The van der Waals surface area contributed by atoms with Crippen molar-refractivity contribution in [1.82, 2.24) is 0 Å². The first kappa shape index (κ1) is 22.5. The summed E-state index contributed by atoms with van der Waals surface area (Å²) in [6.07, 6.45) is 0. The summed E-state index contributed by atoms with van der Waals surface area (Å²) in [6.45, 7) is -0.505. The number of carboxylic acid groups (broad SMARTS) is 1. The molecule has 0 spiro atoms. The molecule has 0 saturated heterocycles. The van der Waals surface area contributed by atoms with Gasteiger partial charge in [0.2, 0.25) is 0 Å². The summed E-state index contributed by atoms with van der Waals surface area (Å²) in [5.41, 5.74) is 4.77. The smallest absolute Gasteiger partial charge is 0.322 e. The third-order valence-corrected chi connectivity index (χ3v) is 0.514. The lowest BCUT2D eigenvalue weighted by Gasteiger charge is -1.96. The second-order valence-corrected chi connectivity index (χ2v) is 1.13. The van der Waals surface area contributed by atoms with Crippen molar-refractivity contribution in [3.05, 3.63) is 0 Å². The van der Waals surface area contributed by atoms with Crippen LogP contribution in [0.2, 0.25) is 0 Å². The maximum atomic E-state index is 9.65. The highest BCUT2D eigenvalue weighted by Crippen LogP contribution is 1.71. The van der Waals surface area contributed by atoms with Gasteiger partial charge in [0, 0.05) is 0 Å². The molecule has 0 aromatic carbocycles. The molecule has 0 aromatic heterocycles. The van der Waals surface area contributed by atoms with Gasteiger partial charge in [-0.15, -0.1) is 37.2 Å². The molecule has 66 valence electrons. The van der Waals surface area contributed by atoms with Gasteiger partial charge in [-0.2, -0.15) is 0 Å². The number of hydrogen-bond donors (Lipinski definition) is 3. The van der Waals surface area contributed by atoms with Crippen molar-refractivity contribution >= 4 is 43.2 Å². The van der Waals surface area contributed by atoms with E-state index in [1.165, 1.54) is 0 Å². The standard InChI is InChI=1S/C3H7NO3.3ClH/c4-2(1-5)3(6)7;;;/h2,5H,1,4H2,(H,6,7);3*1H. The maximum absolute atomic E-state index is 9.65. The normalized spacial score (nSPS) is 9.40. The van der Waals surface area contributed by atoms with Gasteiger partial charge in [0.05, 0.1) is 6.61 Å². The van der Waals surface area contributed by atoms with Crippen LogP contribution in [0.1, 0.15) is 0 Å². The Morgan fingerprint density at radius 3 is 1.70 bits per heavy atom. The summed E-state index contributed by atoms with van der Waals surface area (Å²) in [7, 11) is 0. The molecule has 4 nitrogen and oxygen atoms in total. The summed E-state index contributed by atoms with van der Waals surface area (Å²) in [5, 5.41) is 15.9. The molecule has 0 rings (SSSR count). The molecule has 7 heteroatoms. The lowest BCUT2D eigenvalue weighted by Crippen LogP contribution is -2.33. The summed E-state index contributed by atoms with van der Waals surface area (Å²) >= 11 is 0. The molecule has 0 aliphatic heterocycles. The monoisotopic (exact) mass is 213 g/mol. The van der Waals surface area contributed by atoms with Crippen LogP contribution in [0.25, 0.3) is 0 Å². The number of hydrogen-bond acceptors (Lipinski definition) is 3. The number of rotatable bonds is 2. The van der Waals surface area contributed by atoms with Crippen molar-refractivity contribution in [2.75, 3.05) is 6.61 Å². The Hall–Kier alpha value is 0.260. The lowest BCUT2D eigenvalue weighted by molar-refractivity contribution is -0.139. The first-order chi connectivity index (χ1) is 3.18. The number of carboxylic acids is 1. The molecule has 0 fully saturated rings. The zero-order valence-corrected chi connectivity index (χ0v) is 7.34. The molecular weight excluding hydrogens is 204 g/mol. The molecule has 1 atom stereocenters. The van der Waals surface area contributed by atoms with Crippen LogP contribution in [0.3, 0.4) is 0 Å². The highest BCUT2D eigenvalue weighted by molar-refractivity contribution is 5.86. The summed E-state index contributed by atoms with van der Waals surface area (Å²) in [4.78, 5) is 9.65. The quantitative estimate of drug-likeness (QED) is 0.587. The molecule has 0 aliphatic carbocycles. The van der Waals surface area contributed by atoms with Crippen molar-refractivity contribution in [3.63, 3.8) is 0 Å². The molecule has 10 heavy (non-hydrogen) atoms. The fourth-order valence-electron chi connectivity index (χ4n) is 0.0781. The average molecular weight is 214 g/mol. The topological polar surface area (TPSA) is 83.5 Å². The summed E-state index contributed by atoms with van der Waals surface area (Å²) < 4.78 is 0. The van der Waals surface area contributed by atoms with E-state index in [0.717, 1.165) is 0 Å². The Morgan fingerprint density at radius 1 is 1.40 bits per heavy atom. The van der Waals surface area contributed by atoms with Crippen LogP contribution in [0.4, 0.5) is 0 Å². The summed E-state index contributed by atoms with van der Waals surface area (Å²) in [6, 6.07) is -1.13. The van der Waals surface area contributed by atoms with Gasteiger partial charge in [0.1, 0.15) is 6.04 Å². The van der Waals surface area contributed by atoms with Crippen LogP contribution in [0.5, 0.6) is 0 Å². The van der Waals surface area contributed by atoms with E-state index >= 15 is 0 Å². The zero-order valence-electron chi connectivity index (χ0n) is 4.89. The fourth-order valence-corrected chi connectivity index (χ4v) is 0.0781. The zero-order chi connectivity index (χ0) is 5.86. The Morgan fingerprint density at radius 2 is 1.70 bits per heavy atom. The first-order valence-electron chi connectivity index (χ1n) is 1.77. The van der Waals surface area contributed by atoms with Gasteiger partial charge in [-0.05, 0) is 0 Å². The SMILES string of the molecule is Cl.Cl.Cl.NC(CO)C(=O)O. The molecule has 1 unspecified atom stereocenters. The maximum Gasteiger partial charge on any atom is 0.322 e. The second kappa shape index (κ2) is 12.0. The molecule has 0 heterocycles. The van der Waals surface area contributed by atoms with Crippen LogP contribution in [0.15, 0.2) is 0 Å². The highest BCUT2D eigenvalue weighted by atomic mass is 35.5. The van der Waals surface area contributed by atoms with E-state index in [2.05, 4.69) is 0 Å². The molecule has 0 radical (unpaired) electrons. The molecule has 0 amide bonds. The van der Waals surface area contributed by atoms with Gasteiger partial charge >= 0.3 is 5.97 Å². The van der Waals surface area contributed by atoms with Gasteiger partial charge in [0.15, 0.2) is 0 Å². The minimum absolute atomic E-state index is 0. The Balaban J connectivity index is -0.0000000600. The third kappa shape index (κ3) is 11.1. The van der Waals surface area contributed by atoms with Gasteiger partial charge in [-0.1, -0.05) is 0 Å². The Kier molecular flexibility index (Phi) is 26.9. The van der Waals surface area contributed by atoms with E-state index in [1.807, 2.05) is 0 Å². The van der Waals surface area contributed by atoms with Crippen molar-refractivity contribution < 1.29 is 15.0 Å². The number of aliphatic hydroxyl groups excluding tert-OH is 1. The fraction of sp³-hybridized carbons (Fsp3) is 0.667. The molecule has 0 aliphatic rings. The van der Waals surface area contributed by atoms with Gasteiger partial charge in [-0.3, -0.25) is 4.79 Å². The number of aliphatic carboxylic acids is 1. The predicted molar refractivity (Wildman–Crippen MR) is 44.4 cm³/mol. The van der Waals surface area contributed by atoms with E-state index < -0.39 is 18.6 Å². The van der Waals surface area contributed by atoms with Crippen LogP contribution in [0, 0.1) is 0 Å². The lowest BCUT2D eigenvalue weighted by atomic mass is 10.3. The third-order valence-electron chi connectivity index (χ3n) is 0.514. The summed E-state index contributed by atoms with van der Waals surface area (Å²) in [5.74, 6) is -1.18. The van der Waals surface area contributed by atoms with Gasteiger partial charge < -0.3 is 15.9 Å². The van der Waals surface area contributed by atoms with Gasteiger partial charge in [0.25, 0.3) is 0 Å². The van der Waals surface area contributed by atoms with E-state index in [0.29, 0.717) is 0 Å². The highest BCUT2D eigenvalue weighted by Gasteiger charge is 2.06. The van der Waals surface area contributed by atoms with Crippen LogP contribution in [-0.2, 0) is 4.79 Å². The van der Waals surface area contributed by atoms with E-state index in [1.54, 1.807) is 0 Å². The number of nitrogens with two attached hydrogens (primary N) is 1. The molecule has 4 N–H and O–H groups in total. The van der Waals surface area contributed by atoms with Crippen LogP contribution >= 0.6 is 37.2 Å². The van der Waals surface area contributed by atoms with Gasteiger partial charge in [-0.25, -0.2) is 0 Å². The minimum atomic E-state index is -1.18. The van der Waals surface area contributed by atoms with Crippen LogP contribution < -0.4 is 5.73 Å². The number of carbonyl (C=O) groups is 1. The van der Waals surface area contributed by atoms with E-state index in [-0.39, 0.29) is 37.2 Å². The predicted octanol–water partition coefficient (Wildman–Crippen LogP) is -0.344. The second-order valence-electron chi connectivity index (χ2n) is 1.13. The number of aliphatic hydroxyl groups is 1. The van der Waals surface area contributed by atoms with E-state index in [4.69, 9.17) is 15.9 Å². The van der Waals surface area contributed by atoms with Crippen molar-refractivity contribution in [1.29, 1.82) is 0 Å². The van der Waals surface area contributed by atoms with Crippen LogP contribution in [-0.4, -0.2) is 28.8 Å². The molecule has 0 bridgehead atoms. The van der Waals surface area contributed by atoms with Crippen molar-refractivity contribution in [2.45, 2.75) is 6.04 Å². The minimum Gasteiger partial charge on any atom is -0.480 e.